The van der Waals surface area contributed by atoms with E-state index in [-0.39, 0.29) is 12.5 Å². The summed E-state index contributed by atoms with van der Waals surface area (Å²) in [6.45, 7) is 3.81. The van der Waals surface area contributed by atoms with E-state index in [2.05, 4.69) is 5.32 Å². The Morgan fingerprint density at radius 3 is 3.06 bits per heavy atom. The minimum absolute atomic E-state index is 0.122. The normalized spacial score (nSPS) is 21.4. The second-order valence-electron chi connectivity index (χ2n) is 4.95. The van der Waals surface area contributed by atoms with Crippen LogP contribution in [-0.2, 0) is 9.53 Å². The Morgan fingerprint density at radius 1 is 1.59 bits per heavy atom. The Kier molecular flexibility index (Phi) is 7.21. The molecule has 0 aromatic carbocycles. The summed E-state index contributed by atoms with van der Waals surface area (Å²) in [5.74, 6) is 0.455. The number of nitrogens with one attached hydrogen (secondary N) is 1. The fraction of sp³-hybridized carbons (Fsp3) is 0.923. The molecular weight excluding hydrogens is 218 g/mol. The maximum Gasteiger partial charge on any atom is 0.220 e. The molecule has 100 valence electrons. The van der Waals surface area contributed by atoms with E-state index in [1.807, 2.05) is 6.92 Å². The van der Waals surface area contributed by atoms with Crippen LogP contribution in [0.5, 0.6) is 0 Å². The second-order valence-corrected chi connectivity index (χ2v) is 4.95. The number of carbonyl (C=O) groups excluding carboxylic acids is 1. The number of aliphatic hydroxyl groups is 1. The lowest BCUT2D eigenvalue weighted by atomic mass is 10.1. The first kappa shape index (κ1) is 14.5. The Morgan fingerprint density at radius 2 is 2.41 bits per heavy atom. The Labute approximate surface area is 104 Å². The average Bonchev–Trinajstić information content (AvgIpc) is 2.84. The van der Waals surface area contributed by atoms with Gasteiger partial charge in [0, 0.05) is 26.2 Å². The number of hydrogen-bond donors (Lipinski definition) is 2. The summed E-state index contributed by atoms with van der Waals surface area (Å²) >= 11 is 0. The third-order valence-corrected chi connectivity index (χ3v) is 3.22. The third kappa shape index (κ3) is 6.64. The van der Waals surface area contributed by atoms with Gasteiger partial charge in [0.2, 0.25) is 5.91 Å². The highest BCUT2D eigenvalue weighted by atomic mass is 16.5. The van der Waals surface area contributed by atoms with E-state index in [0.717, 1.165) is 38.7 Å². The quantitative estimate of drug-likeness (QED) is 0.635. The van der Waals surface area contributed by atoms with Gasteiger partial charge in [-0.1, -0.05) is 6.92 Å². The van der Waals surface area contributed by atoms with E-state index < -0.39 is 0 Å². The molecule has 4 nitrogen and oxygen atoms in total. The van der Waals surface area contributed by atoms with E-state index in [9.17, 15) is 4.79 Å². The summed E-state index contributed by atoms with van der Waals surface area (Å²) in [5, 5.41) is 11.8. The lowest BCUT2D eigenvalue weighted by Crippen LogP contribution is -2.25. The van der Waals surface area contributed by atoms with Crippen LogP contribution >= 0.6 is 0 Å². The standard InChI is InChI=1S/C13H25NO3/c1-11(10-15)4-2-8-14-13(16)7-6-12-5-3-9-17-12/h11-12,15H,2-10H2,1H3,(H,14,16). The van der Waals surface area contributed by atoms with E-state index in [1.165, 1.54) is 0 Å². The van der Waals surface area contributed by atoms with Gasteiger partial charge in [-0.15, -0.1) is 0 Å². The van der Waals surface area contributed by atoms with Crippen LogP contribution in [0, 0.1) is 5.92 Å². The van der Waals surface area contributed by atoms with Crippen molar-refractivity contribution in [1.82, 2.24) is 5.32 Å². The molecule has 0 saturated carbocycles. The van der Waals surface area contributed by atoms with Gasteiger partial charge in [-0.25, -0.2) is 0 Å². The van der Waals surface area contributed by atoms with Crippen molar-refractivity contribution in [3.63, 3.8) is 0 Å². The molecule has 0 aromatic heterocycles. The Balaban J connectivity index is 1.93. The molecule has 2 atom stereocenters. The van der Waals surface area contributed by atoms with Crippen LogP contribution in [0.3, 0.4) is 0 Å². The highest BCUT2D eigenvalue weighted by Gasteiger charge is 2.16. The zero-order valence-corrected chi connectivity index (χ0v) is 10.8. The molecule has 1 heterocycles. The van der Waals surface area contributed by atoms with Crippen molar-refractivity contribution < 1.29 is 14.6 Å². The van der Waals surface area contributed by atoms with Crippen LogP contribution in [-0.4, -0.2) is 36.9 Å². The summed E-state index contributed by atoms with van der Waals surface area (Å²) in [6.07, 6.45) is 5.84. The molecule has 1 aliphatic heterocycles. The monoisotopic (exact) mass is 243 g/mol. The summed E-state index contributed by atoms with van der Waals surface area (Å²) in [6, 6.07) is 0. The van der Waals surface area contributed by atoms with Gasteiger partial charge in [-0.3, -0.25) is 4.79 Å². The van der Waals surface area contributed by atoms with Crippen molar-refractivity contribution in [1.29, 1.82) is 0 Å². The van der Waals surface area contributed by atoms with E-state index in [1.54, 1.807) is 0 Å². The molecule has 0 radical (unpaired) electrons. The van der Waals surface area contributed by atoms with Gasteiger partial charge in [-0.05, 0) is 38.0 Å². The van der Waals surface area contributed by atoms with Crippen LogP contribution in [0.4, 0.5) is 0 Å². The third-order valence-electron chi connectivity index (χ3n) is 3.22. The molecule has 0 aromatic rings. The van der Waals surface area contributed by atoms with Crippen LogP contribution in [0.25, 0.3) is 0 Å². The lowest BCUT2D eigenvalue weighted by Gasteiger charge is -2.10. The summed E-state index contributed by atoms with van der Waals surface area (Å²) in [7, 11) is 0. The second kappa shape index (κ2) is 8.48. The molecule has 17 heavy (non-hydrogen) atoms. The van der Waals surface area contributed by atoms with Crippen molar-refractivity contribution >= 4 is 5.91 Å². The predicted molar refractivity (Wildman–Crippen MR) is 66.7 cm³/mol. The number of ether oxygens (including phenoxy) is 1. The van der Waals surface area contributed by atoms with Crippen LogP contribution in [0.2, 0.25) is 0 Å². The molecule has 1 fully saturated rings. The summed E-state index contributed by atoms with van der Waals surface area (Å²) in [4.78, 5) is 11.5. The molecule has 2 N–H and O–H groups in total. The molecular formula is C13H25NO3. The van der Waals surface area contributed by atoms with Crippen molar-refractivity contribution in [2.45, 2.75) is 51.6 Å². The highest BCUT2D eigenvalue weighted by molar-refractivity contribution is 5.75. The van der Waals surface area contributed by atoms with Gasteiger partial charge in [0.15, 0.2) is 0 Å². The Bertz CT molecular complexity index is 215. The molecule has 0 spiro atoms. The fourth-order valence-electron chi connectivity index (χ4n) is 2.02. The Hall–Kier alpha value is -0.610. The lowest BCUT2D eigenvalue weighted by molar-refractivity contribution is -0.121. The van der Waals surface area contributed by atoms with Gasteiger partial charge in [0.05, 0.1) is 6.10 Å². The smallest absolute Gasteiger partial charge is 0.220 e. The minimum atomic E-state index is 0.122. The van der Waals surface area contributed by atoms with Gasteiger partial charge >= 0.3 is 0 Å². The first-order valence-corrected chi connectivity index (χ1v) is 6.71. The molecule has 1 aliphatic rings. The number of hydrogen-bond acceptors (Lipinski definition) is 3. The van der Waals surface area contributed by atoms with Gasteiger partial charge in [0.1, 0.15) is 0 Å². The zero-order valence-electron chi connectivity index (χ0n) is 10.8. The van der Waals surface area contributed by atoms with E-state index in [4.69, 9.17) is 9.84 Å². The molecule has 1 saturated heterocycles. The van der Waals surface area contributed by atoms with Gasteiger partial charge in [-0.2, -0.15) is 0 Å². The van der Waals surface area contributed by atoms with Crippen molar-refractivity contribution in [3.8, 4) is 0 Å². The topological polar surface area (TPSA) is 58.6 Å². The molecule has 0 bridgehead atoms. The van der Waals surface area contributed by atoms with Crippen molar-refractivity contribution in [2.24, 2.45) is 5.92 Å². The van der Waals surface area contributed by atoms with Crippen LogP contribution < -0.4 is 5.32 Å². The fourth-order valence-corrected chi connectivity index (χ4v) is 2.02. The number of carbonyl (C=O) groups is 1. The van der Waals surface area contributed by atoms with Crippen molar-refractivity contribution in [2.75, 3.05) is 19.8 Å². The first-order valence-electron chi connectivity index (χ1n) is 6.71. The van der Waals surface area contributed by atoms with Crippen molar-refractivity contribution in [3.05, 3.63) is 0 Å². The summed E-state index contributed by atoms with van der Waals surface area (Å²) in [5.41, 5.74) is 0. The maximum atomic E-state index is 11.5. The largest absolute Gasteiger partial charge is 0.396 e. The van der Waals surface area contributed by atoms with Crippen LogP contribution in [0.1, 0.15) is 45.4 Å². The summed E-state index contributed by atoms with van der Waals surface area (Å²) < 4.78 is 5.47. The number of rotatable bonds is 8. The van der Waals surface area contributed by atoms with E-state index >= 15 is 0 Å². The SMILES string of the molecule is CC(CO)CCCNC(=O)CCC1CCCO1. The number of amides is 1. The molecule has 1 rings (SSSR count). The number of aliphatic hydroxyl groups excluding tert-OH is 1. The predicted octanol–water partition coefficient (Wildman–Crippen LogP) is 1.47. The maximum absolute atomic E-state index is 11.5. The first-order chi connectivity index (χ1) is 8.22. The zero-order chi connectivity index (χ0) is 12.5. The highest BCUT2D eigenvalue weighted by Crippen LogP contribution is 2.16. The molecule has 1 amide bonds. The average molecular weight is 243 g/mol. The minimum Gasteiger partial charge on any atom is -0.396 e. The molecule has 4 heteroatoms. The molecule has 2 unspecified atom stereocenters. The van der Waals surface area contributed by atoms with Gasteiger partial charge in [0.25, 0.3) is 0 Å². The van der Waals surface area contributed by atoms with Gasteiger partial charge < -0.3 is 15.2 Å². The molecule has 0 aliphatic carbocycles. The van der Waals surface area contributed by atoms with Crippen LogP contribution in [0.15, 0.2) is 0 Å². The van der Waals surface area contributed by atoms with E-state index in [0.29, 0.717) is 25.0 Å².